The summed E-state index contributed by atoms with van der Waals surface area (Å²) in [4.78, 5) is 31.1. The zero-order chi connectivity index (χ0) is 46.8. The van der Waals surface area contributed by atoms with Crippen LogP contribution in [0.2, 0.25) is 0 Å². The lowest BCUT2D eigenvalue weighted by Gasteiger charge is -2.38. The second kappa shape index (κ2) is 17.7. The van der Waals surface area contributed by atoms with Crippen LogP contribution in [0.4, 0.5) is 49.9 Å². The van der Waals surface area contributed by atoms with E-state index in [0.29, 0.717) is 73.1 Å². The quantitative estimate of drug-likeness (QED) is 0.104. The molecule has 2 aliphatic carbocycles. The summed E-state index contributed by atoms with van der Waals surface area (Å²) in [5, 5.41) is 16.2. The zero-order valence-electron chi connectivity index (χ0n) is 37.2. The zero-order valence-corrected chi connectivity index (χ0v) is 37.2. The van der Waals surface area contributed by atoms with E-state index in [1.165, 1.54) is 0 Å². The summed E-state index contributed by atoms with van der Waals surface area (Å²) in [5.41, 5.74) is 1.91. The summed E-state index contributed by atoms with van der Waals surface area (Å²) in [6, 6.07) is 8.44. The number of anilines is 4. The van der Waals surface area contributed by atoms with Crippen LogP contribution in [0.15, 0.2) is 49.1 Å². The van der Waals surface area contributed by atoms with Gasteiger partial charge in [0.2, 0.25) is 23.5 Å². The van der Waals surface area contributed by atoms with Crippen molar-refractivity contribution >= 4 is 23.5 Å². The van der Waals surface area contributed by atoms with Gasteiger partial charge in [-0.15, -0.1) is 10.2 Å². The predicted octanol–water partition coefficient (Wildman–Crippen LogP) is 7.29. The van der Waals surface area contributed by atoms with Gasteiger partial charge >= 0.3 is 0 Å². The molecular formula is C46H48F6N14O2. The Morgan fingerprint density at radius 1 is 0.515 bits per heavy atom. The summed E-state index contributed by atoms with van der Waals surface area (Å²) in [6.07, 6.45) is 7.59. The summed E-state index contributed by atoms with van der Waals surface area (Å²) < 4.78 is 96.5. The minimum atomic E-state index is -1.54. The maximum absolute atomic E-state index is 14.1. The third-order valence-corrected chi connectivity index (χ3v) is 14.2. The summed E-state index contributed by atoms with van der Waals surface area (Å²) in [7, 11) is 0. The largest absolute Gasteiger partial charge is 0.479 e. The van der Waals surface area contributed by atoms with E-state index in [1.54, 1.807) is 22.0 Å². The first-order valence-electron chi connectivity index (χ1n) is 23.0. The number of hydrogen-bond donors (Lipinski definition) is 2. The molecule has 2 N–H and O–H groups in total. The maximum Gasteiger partial charge on any atom is 0.242 e. The minimum Gasteiger partial charge on any atom is -0.479 e. The van der Waals surface area contributed by atoms with Crippen molar-refractivity contribution in [2.45, 2.75) is 89.8 Å². The van der Waals surface area contributed by atoms with Crippen molar-refractivity contribution in [2.75, 3.05) is 46.6 Å². The van der Waals surface area contributed by atoms with E-state index in [4.69, 9.17) is 9.47 Å². The molecule has 68 heavy (non-hydrogen) atoms. The first-order chi connectivity index (χ1) is 32.9. The normalized spacial score (nSPS) is 25.5. The van der Waals surface area contributed by atoms with Gasteiger partial charge in [0.05, 0.1) is 0 Å². The Bertz CT molecular complexity index is 2630. The van der Waals surface area contributed by atoms with Crippen molar-refractivity contribution in [3.05, 3.63) is 107 Å². The minimum absolute atomic E-state index is 0.255. The van der Waals surface area contributed by atoms with Crippen molar-refractivity contribution in [1.82, 2.24) is 49.5 Å². The number of aromatic nitrogens is 10. The number of hydrogen-bond acceptors (Lipinski definition) is 14. The Morgan fingerprint density at radius 2 is 0.912 bits per heavy atom. The second-order valence-corrected chi connectivity index (χ2v) is 18.6. The fourth-order valence-electron chi connectivity index (χ4n) is 10.9. The molecule has 12 rings (SSSR count). The molecule has 2 saturated heterocycles. The van der Waals surface area contributed by atoms with Crippen LogP contribution in [-0.4, -0.2) is 87.7 Å². The van der Waals surface area contributed by atoms with Crippen LogP contribution in [0.3, 0.4) is 0 Å². The highest BCUT2D eigenvalue weighted by molar-refractivity contribution is 5.43. The lowest BCUT2D eigenvalue weighted by Crippen LogP contribution is -2.48. The Kier molecular flexibility index (Phi) is 11.4. The highest BCUT2D eigenvalue weighted by Crippen LogP contribution is 2.42. The van der Waals surface area contributed by atoms with Crippen LogP contribution in [0.5, 0.6) is 11.5 Å². The molecule has 6 aliphatic rings. The first-order valence-corrected chi connectivity index (χ1v) is 23.0. The number of ether oxygens (including phenoxy) is 2. The molecule has 2 unspecified atom stereocenters. The van der Waals surface area contributed by atoms with Crippen LogP contribution >= 0.6 is 0 Å². The van der Waals surface area contributed by atoms with Crippen molar-refractivity contribution < 1.29 is 35.8 Å². The lowest BCUT2D eigenvalue weighted by atomic mass is 9.92. The molecule has 4 aromatic heterocycles. The Labute approximate surface area is 386 Å². The Morgan fingerprint density at radius 3 is 1.29 bits per heavy atom. The van der Waals surface area contributed by atoms with Crippen LogP contribution in [0, 0.1) is 72.4 Å². The van der Waals surface area contributed by atoms with Crippen molar-refractivity contribution in [2.24, 2.45) is 23.7 Å². The SMILES string of the molecule is Cc1cc(N2C[C@H]3CC[C@@H](C2)C3Nc2nc3n(n2)CC[C@@H]3Oc2ccc(F)c(F)c2F)ncn1.Cc1cc(N2C[C@H]3CC[C@@H](C2)C3Nc2nc3n(n2)CC[C@H]3Oc2ccc(F)c(F)c2F)ncn1. The molecule has 22 heteroatoms. The number of rotatable bonds is 10. The molecule has 8 heterocycles. The van der Waals surface area contributed by atoms with E-state index in [1.807, 2.05) is 26.0 Å². The molecule has 0 amide bonds. The number of halogens is 6. The standard InChI is InChI=1S/2C23H24F3N7O/c2*1-12-8-18(28-11-27-12)32-9-13-2-3-14(10-32)21(13)29-23-30-22-17(6-7-33(22)31-23)34-16-5-4-15(24)19(25)20(16)26/h2*4-5,8,11,13-14,17,21H,2-3,6-7,9-10H2,1H3,(H,29,31)/t2*13-,14+,17-,21?/m10/s1. The van der Waals surface area contributed by atoms with Gasteiger partial charge in [-0.05, 0) is 87.5 Å². The smallest absolute Gasteiger partial charge is 0.242 e. The van der Waals surface area contributed by atoms with E-state index in [2.05, 4.69) is 60.5 Å². The molecule has 4 fully saturated rings. The lowest BCUT2D eigenvalue weighted by molar-refractivity contribution is 0.190. The molecule has 0 spiro atoms. The highest BCUT2D eigenvalue weighted by atomic mass is 19.2. The summed E-state index contributed by atoms with van der Waals surface area (Å²) in [6.45, 7) is 8.65. The molecule has 8 atom stereocenters. The molecular weight excluding hydrogens is 895 g/mol. The van der Waals surface area contributed by atoms with Crippen LogP contribution < -0.4 is 29.9 Å². The molecule has 6 aromatic rings. The topological polar surface area (TPSA) is 162 Å². The van der Waals surface area contributed by atoms with Gasteiger partial charge in [0.25, 0.3) is 0 Å². The third-order valence-electron chi connectivity index (χ3n) is 14.2. The van der Waals surface area contributed by atoms with Gasteiger partial charge in [-0.1, -0.05) is 0 Å². The van der Waals surface area contributed by atoms with Gasteiger partial charge in [0, 0.05) is 87.7 Å². The van der Waals surface area contributed by atoms with E-state index >= 15 is 0 Å². The van der Waals surface area contributed by atoms with Gasteiger partial charge in [-0.2, -0.15) is 18.7 Å². The van der Waals surface area contributed by atoms with Gasteiger partial charge in [0.15, 0.2) is 58.6 Å². The predicted molar refractivity (Wildman–Crippen MR) is 234 cm³/mol. The third kappa shape index (κ3) is 8.34. The molecule has 16 nitrogen and oxygen atoms in total. The number of nitrogens with zero attached hydrogens (tertiary/aromatic N) is 12. The number of fused-ring (bicyclic) bond motifs is 6. The fraction of sp³-hybridized carbons (Fsp3) is 0.478. The first kappa shape index (κ1) is 43.8. The monoisotopic (exact) mass is 942 g/mol. The summed E-state index contributed by atoms with van der Waals surface area (Å²) in [5.74, 6) is -3.10. The summed E-state index contributed by atoms with van der Waals surface area (Å²) >= 11 is 0. The highest BCUT2D eigenvalue weighted by Gasteiger charge is 2.45. The van der Waals surface area contributed by atoms with Crippen LogP contribution in [0.1, 0.15) is 73.8 Å². The van der Waals surface area contributed by atoms with Crippen molar-refractivity contribution in [1.29, 1.82) is 0 Å². The second-order valence-electron chi connectivity index (χ2n) is 18.6. The molecule has 4 bridgehead atoms. The molecule has 4 aliphatic heterocycles. The van der Waals surface area contributed by atoms with E-state index < -0.39 is 47.1 Å². The van der Waals surface area contributed by atoms with Crippen molar-refractivity contribution in [3.8, 4) is 11.5 Å². The van der Waals surface area contributed by atoms with Crippen molar-refractivity contribution in [3.63, 3.8) is 0 Å². The van der Waals surface area contributed by atoms with Gasteiger partial charge < -0.3 is 29.9 Å². The Hall–Kier alpha value is -6.74. The molecule has 0 radical (unpaired) electrons. The number of nitrogens with one attached hydrogen (secondary N) is 2. The van der Waals surface area contributed by atoms with Crippen LogP contribution in [-0.2, 0) is 13.1 Å². The van der Waals surface area contributed by atoms with E-state index in [-0.39, 0.29) is 23.6 Å². The number of benzene rings is 2. The molecule has 2 aromatic carbocycles. The van der Waals surface area contributed by atoms with E-state index in [9.17, 15) is 26.3 Å². The van der Waals surface area contributed by atoms with Gasteiger partial charge in [-0.25, -0.2) is 46.9 Å². The Balaban J connectivity index is 0.000000149. The average molecular weight is 943 g/mol. The average Bonchev–Trinajstić information content (AvgIpc) is 4.17. The fourth-order valence-corrected chi connectivity index (χ4v) is 10.9. The van der Waals surface area contributed by atoms with Crippen LogP contribution in [0.25, 0.3) is 0 Å². The molecule has 356 valence electrons. The number of piperidine rings is 2. The maximum atomic E-state index is 14.1. The van der Waals surface area contributed by atoms with E-state index in [0.717, 1.165) is 99.2 Å². The number of aryl methyl sites for hydroxylation is 4. The van der Waals surface area contributed by atoms with Gasteiger partial charge in [0.1, 0.15) is 24.3 Å². The van der Waals surface area contributed by atoms with Gasteiger partial charge in [-0.3, -0.25) is 0 Å². The molecule has 2 saturated carbocycles.